The van der Waals surface area contributed by atoms with Crippen molar-refractivity contribution in [3.8, 4) is 0 Å². The number of nitrogens with zero attached hydrogens (tertiary/aromatic N) is 4. The highest BCUT2D eigenvalue weighted by atomic mass is 16.2. The number of amides is 2. The highest BCUT2D eigenvalue weighted by Crippen LogP contribution is 2.10. The third-order valence-electron chi connectivity index (χ3n) is 3.08. The Kier molecular flexibility index (Phi) is 3.55. The number of rotatable bonds is 2. The molecule has 6 heteroatoms. The lowest BCUT2D eigenvalue weighted by Gasteiger charge is -2.32. The molecular formula is C12H16N4O2. The summed E-state index contributed by atoms with van der Waals surface area (Å²) in [5.41, 5.74) is 1.24. The normalized spacial score (nSPS) is 15.7. The Bertz CT molecular complexity index is 467. The zero-order chi connectivity index (χ0) is 13.1. The molecule has 18 heavy (non-hydrogen) atoms. The Morgan fingerprint density at radius 2 is 1.94 bits per heavy atom. The second-order valence-electron chi connectivity index (χ2n) is 4.35. The molecule has 0 radical (unpaired) electrons. The summed E-state index contributed by atoms with van der Waals surface area (Å²) < 4.78 is 0. The van der Waals surface area contributed by atoms with Gasteiger partial charge < -0.3 is 9.80 Å². The molecule has 1 aliphatic heterocycles. The monoisotopic (exact) mass is 248 g/mol. The van der Waals surface area contributed by atoms with E-state index in [1.807, 2.05) is 6.92 Å². The maximum Gasteiger partial charge on any atom is 0.257 e. The van der Waals surface area contributed by atoms with Crippen molar-refractivity contribution in [2.75, 3.05) is 26.2 Å². The first kappa shape index (κ1) is 12.5. The minimum absolute atomic E-state index is 0.0574. The Morgan fingerprint density at radius 3 is 2.50 bits per heavy atom. The van der Waals surface area contributed by atoms with Crippen LogP contribution in [0.4, 0.5) is 0 Å². The van der Waals surface area contributed by atoms with Gasteiger partial charge in [0.05, 0.1) is 11.3 Å². The molecule has 1 fully saturated rings. The molecule has 0 unspecified atom stereocenters. The highest BCUT2D eigenvalue weighted by molar-refractivity contribution is 5.95. The van der Waals surface area contributed by atoms with Gasteiger partial charge in [0.15, 0.2) is 0 Å². The summed E-state index contributed by atoms with van der Waals surface area (Å²) in [6, 6.07) is 0. The average molecular weight is 248 g/mol. The number of carbonyl (C=O) groups excluding carboxylic acids is 2. The van der Waals surface area contributed by atoms with Gasteiger partial charge in [0.1, 0.15) is 5.82 Å². The van der Waals surface area contributed by atoms with Crippen molar-refractivity contribution in [3.63, 3.8) is 0 Å². The lowest BCUT2D eigenvalue weighted by atomic mass is 10.2. The van der Waals surface area contributed by atoms with E-state index in [-0.39, 0.29) is 5.91 Å². The van der Waals surface area contributed by atoms with Gasteiger partial charge in [-0.2, -0.15) is 0 Å². The van der Waals surface area contributed by atoms with Crippen molar-refractivity contribution in [1.29, 1.82) is 0 Å². The van der Waals surface area contributed by atoms with E-state index in [9.17, 15) is 9.59 Å². The maximum atomic E-state index is 12.3. The van der Waals surface area contributed by atoms with Crippen LogP contribution < -0.4 is 0 Å². The molecule has 0 spiro atoms. The van der Waals surface area contributed by atoms with Crippen LogP contribution in [0.1, 0.15) is 21.9 Å². The number of aryl methyl sites for hydroxylation is 2. The highest BCUT2D eigenvalue weighted by Gasteiger charge is 2.23. The first-order valence-electron chi connectivity index (χ1n) is 5.90. The van der Waals surface area contributed by atoms with E-state index in [1.54, 1.807) is 22.9 Å². The summed E-state index contributed by atoms with van der Waals surface area (Å²) in [5.74, 6) is 0.605. The summed E-state index contributed by atoms with van der Waals surface area (Å²) in [7, 11) is 0. The molecule has 6 nitrogen and oxygen atoms in total. The van der Waals surface area contributed by atoms with Gasteiger partial charge in [-0.3, -0.25) is 9.59 Å². The zero-order valence-corrected chi connectivity index (χ0v) is 10.6. The van der Waals surface area contributed by atoms with E-state index in [1.165, 1.54) is 0 Å². The van der Waals surface area contributed by atoms with Crippen LogP contribution in [0.2, 0.25) is 0 Å². The first-order chi connectivity index (χ1) is 8.61. The SMILES string of the molecule is Cc1ncc(C(=O)N2CCN(C=O)CC2)c(C)n1. The zero-order valence-electron chi connectivity index (χ0n) is 10.6. The lowest BCUT2D eigenvalue weighted by molar-refractivity contribution is -0.119. The van der Waals surface area contributed by atoms with Gasteiger partial charge in [-0.25, -0.2) is 9.97 Å². The molecule has 2 heterocycles. The van der Waals surface area contributed by atoms with Gasteiger partial charge in [-0.1, -0.05) is 0 Å². The van der Waals surface area contributed by atoms with Crippen LogP contribution in [0.5, 0.6) is 0 Å². The number of hydrogen-bond acceptors (Lipinski definition) is 4. The fourth-order valence-corrected chi connectivity index (χ4v) is 1.99. The van der Waals surface area contributed by atoms with E-state index in [2.05, 4.69) is 9.97 Å². The number of hydrogen-bond donors (Lipinski definition) is 0. The number of carbonyl (C=O) groups is 2. The fourth-order valence-electron chi connectivity index (χ4n) is 1.99. The van der Waals surface area contributed by atoms with Gasteiger partial charge in [0.25, 0.3) is 5.91 Å². The van der Waals surface area contributed by atoms with Gasteiger partial charge in [-0.05, 0) is 13.8 Å². The van der Waals surface area contributed by atoms with E-state index in [4.69, 9.17) is 0 Å². The molecule has 2 amide bonds. The largest absolute Gasteiger partial charge is 0.342 e. The van der Waals surface area contributed by atoms with E-state index < -0.39 is 0 Å². The molecule has 0 N–H and O–H groups in total. The van der Waals surface area contributed by atoms with Crippen molar-refractivity contribution in [2.24, 2.45) is 0 Å². The molecule has 0 saturated carbocycles. The summed E-state index contributed by atoms with van der Waals surface area (Å²) in [6.45, 7) is 5.89. The predicted molar refractivity (Wildman–Crippen MR) is 65.0 cm³/mol. The second kappa shape index (κ2) is 5.12. The second-order valence-corrected chi connectivity index (χ2v) is 4.35. The quantitative estimate of drug-likeness (QED) is 0.691. The van der Waals surface area contributed by atoms with Gasteiger partial charge in [-0.15, -0.1) is 0 Å². The van der Waals surface area contributed by atoms with Crippen LogP contribution in [0.3, 0.4) is 0 Å². The molecule has 0 aromatic carbocycles. The van der Waals surface area contributed by atoms with Crippen LogP contribution in [0, 0.1) is 13.8 Å². The minimum atomic E-state index is -0.0574. The number of piperazine rings is 1. The maximum absolute atomic E-state index is 12.3. The van der Waals surface area contributed by atoms with Crippen LogP contribution in [-0.2, 0) is 4.79 Å². The van der Waals surface area contributed by atoms with Gasteiger partial charge >= 0.3 is 0 Å². The standard InChI is InChI=1S/C12H16N4O2/c1-9-11(7-13-10(2)14-9)12(18)16-5-3-15(8-17)4-6-16/h7-8H,3-6H2,1-2H3. The smallest absolute Gasteiger partial charge is 0.257 e. The minimum Gasteiger partial charge on any atom is -0.342 e. The van der Waals surface area contributed by atoms with E-state index in [0.717, 1.165) is 6.41 Å². The Hall–Kier alpha value is -1.98. The summed E-state index contributed by atoms with van der Waals surface area (Å²) >= 11 is 0. The predicted octanol–water partition coefficient (Wildman–Crippen LogP) is 0.00764. The Morgan fingerprint density at radius 1 is 1.28 bits per heavy atom. The molecule has 1 aromatic heterocycles. The van der Waals surface area contributed by atoms with E-state index >= 15 is 0 Å². The Balaban J connectivity index is 2.10. The molecule has 1 aromatic rings. The molecule has 0 aliphatic carbocycles. The van der Waals surface area contributed by atoms with Crippen LogP contribution in [-0.4, -0.2) is 58.3 Å². The van der Waals surface area contributed by atoms with Crippen molar-refractivity contribution in [3.05, 3.63) is 23.3 Å². The van der Waals surface area contributed by atoms with Crippen molar-refractivity contribution >= 4 is 12.3 Å². The van der Waals surface area contributed by atoms with Gasteiger partial charge in [0.2, 0.25) is 6.41 Å². The topological polar surface area (TPSA) is 66.4 Å². The summed E-state index contributed by atoms with van der Waals surface area (Å²) in [5, 5.41) is 0. The van der Waals surface area contributed by atoms with Crippen LogP contribution >= 0.6 is 0 Å². The molecule has 96 valence electrons. The first-order valence-corrected chi connectivity index (χ1v) is 5.90. The van der Waals surface area contributed by atoms with Crippen molar-refractivity contribution in [1.82, 2.24) is 19.8 Å². The summed E-state index contributed by atoms with van der Waals surface area (Å²) in [6.07, 6.45) is 2.40. The average Bonchev–Trinajstić information content (AvgIpc) is 2.38. The van der Waals surface area contributed by atoms with Crippen molar-refractivity contribution in [2.45, 2.75) is 13.8 Å². The molecule has 1 saturated heterocycles. The third kappa shape index (κ3) is 2.47. The third-order valence-corrected chi connectivity index (χ3v) is 3.08. The molecule has 1 aliphatic rings. The molecular weight excluding hydrogens is 232 g/mol. The molecule has 0 bridgehead atoms. The van der Waals surface area contributed by atoms with Crippen molar-refractivity contribution < 1.29 is 9.59 Å². The number of aromatic nitrogens is 2. The van der Waals surface area contributed by atoms with Gasteiger partial charge in [0, 0.05) is 32.4 Å². The Labute approximate surface area is 106 Å². The van der Waals surface area contributed by atoms with Crippen LogP contribution in [0.15, 0.2) is 6.20 Å². The lowest BCUT2D eigenvalue weighted by Crippen LogP contribution is -2.48. The fraction of sp³-hybridized carbons (Fsp3) is 0.500. The van der Waals surface area contributed by atoms with E-state index in [0.29, 0.717) is 43.3 Å². The van der Waals surface area contributed by atoms with Crippen LogP contribution in [0.25, 0.3) is 0 Å². The summed E-state index contributed by atoms with van der Waals surface area (Å²) in [4.78, 5) is 34.5. The molecule has 0 atom stereocenters. The molecule has 2 rings (SSSR count).